The highest BCUT2D eigenvalue weighted by atomic mass is 32.1. The molecule has 0 atom stereocenters. The van der Waals surface area contributed by atoms with Crippen molar-refractivity contribution in [2.24, 2.45) is 0 Å². The molecule has 1 fully saturated rings. The first kappa shape index (κ1) is 14.2. The van der Waals surface area contributed by atoms with E-state index < -0.39 is 0 Å². The summed E-state index contributed by atoms with van der Waals surface area (Å²) in [6, 6.07) is 0.541. The summed E-state index contributed by atoms with van der Waals surface area (Å²) in [5, 5.41) is 12.2. The summed E-state index contributed by atoms with van der Waals surface area (Å²) >= 11 is 1.33. The Balaban J connectivity index is 1.93. The minimum Gasteiger partial charge on any atom is -0.360 e. The lowest BCUT2D eigenvalue weighted by Gasteiger charge is -2.36. The Bertz CT molecular complexity index is 426. The van der Waals surface area contributed by atoms with Crippen LogP contribution < -0.4 is 5.32 Å². The van der Waals surface area contributed by atoms with Gasteiger partial charge in [-0.2, -0.15) is 0 Å². The fourth-order valence-corrected chi connectivity index (χ4v) is 2.89. The summed E-state index contributed by atoms with van der Waals surface area (Å²) in [5.74, 6) is 0.00468. The summed E-state index contributed by atoms with van der Waals surface area (Å²) < 4.78 is 0. The minimum atomic E-state index is 0.00468. The minimum absolute atomic E-state index is 0.00468. The van der Waals surface area contributed by atoms with Crippen molar-refractivity contribution in [3.8, 4) is 0 Å². The molecule has 0 aromatic carbocycles. The van der Waals surface area contributed by atoms with Crippen molar-refractivity contribution in [1.82, 2.24) is 20.0 Å². The average molecular weight is 283 g/mol. The quantitative estimate of drug-likeness (QED) is 0.898. The van der Waals surface area contributed by atoms with Gasteiger partial charge in [-0.15, -0.1) is 10.2 Å². The SMILES string of the molecule is CCNc1nnc(C(=O)N2CCN(C(C)C)CC2)s1. The van der Waals surface area contributed by atoms with Gasteiger partial charge in [-0.1, -0.05) is 11.3 Å². The predicted octanol–water partition coefficient (Wildman–Crippen LogP) is 1.14. The third kappa shape index (κ3) is 3.42. The van der Waals surface area contributed by atoms with E-state index in [-0.39, 0.29) is 5.91 Å². The maximum atomic E-state index is 12.3. The Hall–Kier alpha value is -1.21. The lowest BCUT2D eigenvalue weighted by Crippen LogP contribution is -2.50. The molecule has 106 valence electrons. The summed E-state index contributed by atoms with van der Waals surface area (Å²) in [5.41, 5.74) is 0. The van der Waals surface area contributed by atoms with Gasteiger partial charge in [-0.25, -0.2) is 0 Å². The van der Waals surface area contributed by atoms with Gasteiger partial charge in [0, 0.05) is 38.8 Å². The Morgan fingerprint density at radius 3 is 2.58 bits per heavy atom. The van der Waals surface area contributed by atoms with E-state index in [1.54, 1.807) is 0 Å². The van der Waals surface area contributed by atoms with Gasteiger partial charge in [0.15, 0.2) is 0 Å². The van der Waals surface area contributed by atoms with Crippen molar-refractivity contribution in [1.29, 1.82) is 0 Å². The average Bonchev–Trinajstić information content (AvgIpc) is 2.87. The van der Waals surface area contributed by atoms with Gasteiger partial charge in [0.05, 0.1) is 0 Å². The normalized spacial score (nSPS) is 16.9. The van der Waals surface area contributed by atoms with E-state index in [1.807, 2.05) is 11.8 Å². The topological polar surface area (TPSA) is 61.4 Å². The zero-order chi connectivity index (χ0) is 13.8. The van der Waals surface area contributed by atoms with Crippen molar-refractivity contribution in [3.05, 3.63) is 5.01 Å². The summed E-state index contributed by atoms with van der Waals surface area (Å²) in [4.78, 5) is 16.5. The first-order valence-electron chi connectivity index (χ1n) is 6.72. The molecule has 7 heteroatoms. The molecule has 1 aromatic heterocycles. The molecule has 1 aliphatic heterocycles. The molecule has 19 heavy (non-hydrogen) atoms. The highest BCUT2D eigenvalue weighted by Crippen LogP contribution is 2.17. The van der Waals surface area contributed by atoms with Crippen molar-refractivity contribution < 1.29 is 4.79 Å². The van der Waals surface area contributed by atoms with Crippen LogP contribution in [-0.2, 0) is 0 Å². The number of nitrogens with one attached hydrogen (secondary N) is 1. The van der Waals surface area contributed by atoms with Crippen LogP contribution in [0.2, 0.25) is 0 Å². The zero-order valence-corrected chi connectivity index (χ0v) is 12.5. The number of anilines is 1. The van der Waals surface area contributed by atoms with Crippen LogP contribution in [0, 0.1) is 0 Å². The molecule has 1 saturated heterocycles. The number of amides is 1. The zero-order valence-electron chi connectivity index (χ0n) is 11.7. The number of nitrogens with zero attached hydrogens (tertiary/aromatic N) is 4. The second-order valence-electron chi connectivity index (χ2n) is 4.86. The summed E-state index contributed by atoms with van der Waals surface area (Å²) in [6.07, 6.45) is 0. The molecule has 0 aliphatic carbocycles. The van der Waals surface area contributed by atoms with Crippen LogP contribution in [0.15, 0.2) is 0 Å². The van der Waals surface area contributed by atoms with Crippen molar-refractivity contribution >= 4 is 22.4 Å². The number of aromatic nitrogens is 2. The molecule has 0 radical (unpaired) electrons. The molecular formula is C12H21N5OS. The lowest BCUT2D eigenvalue weighted by molar-refractivity contribution is 0.0594. The Kier molecular flexibility index (Phi) is 4.71. The van der Waals surface area contributed by atoms with Crippen LogP contribution in [0.25, 0.3) is 0 Å². The molecule has 0 unspecified atom stereocenters. The largest absolute Gasteiger partial charge is 0.360 e. The van der Waals surface area contributed by atoms with Gasteiger partial charge < -0.3 is 10.2 Å². The van der Waals surface area contributed by atoms with Crippen LogP contribution in [0.5, 0.6) is 0 Å². The van der Waals surface area contributed by atoms with Gasteiger partial charge in [0.2, 0.25) is 10.1 Å². The smallest absolute Gasteiger partial charge is 0.284 e. The summed E-state index contributed by atoms with van der Waals surface area (Å²) in [7, 11) is 0. The molecule has 0 spiro atoms. The molecule has 6 nitrogen and oxygen atoms in total. The van der Waals surface area contributed by atoms with Gasteiger partial charge in [0.25, 0.3) is 5.91 Å². The molecule has 2 heterocycles. The number of carbonyl (C=O) groups is 1. The van der Waals surface area contributed by atoms with Crippen molar-refractivity contribution in [3.63, 3.8) is 0 Å². The number of hydrogen-bond donors (Lipinski definition) is 1. The fourth-order valence-electron chi connectivity index (χ4n) is 2.11. The molecule has 1 N–H and O–H groups in total. The van der Waals surface area contributed by atoms with E-state index in [2.05, 4.69) is 34.3 Å². The second-order valence-corrected chi connectivity index (χ2v) is 5.84. The highest BCUT2D eigenvalue weighted by Gasteiger charge is 2.25. The molecule has 1 aliphatic rings. The third-order valence-corrected chi connectivity index (χ3v) is 4.14. The van der Waals surface area contributed by atoms with Crippen molar-refractivity contribution in [2.45, 2.75) is 26.8 Å². The predicted molar refractivity (Wildman–Crippen MR) is 76.7 cm³/mol. The molecule has 2 rings (SSSR count). The molecule has 0 bridgehead atoms. The monoisotopic (exact) mass is 283 g/mol. The van der Waals surface area contributed by atoms with E-state index in [4.69, 9.17) is 0 Å². The number of rotatable bonds is 4. The second kappa shape index (κ2) is 6.29. The van der Waals surface area contributed by atoms with E-state index in [9.17, 15) is 4.79 Å². The van der Waals surface area contributed by atoms with E-state index in [1.165, 1.54) is 11.3 Å². The standard InChI is InChI=1S/C12H21N5OS/c1-4-13-12-15-14-10(19-12)11(18)17-7-5-16(6-8-17)9(2)3/h9H,4-8H2,1-3H3,(H,13,15). The van der Waals surface area contributed by atoms with E-state index >= 15 is 0 Å². The van der Waals surface area contributed by atoms with Crippen LogP contribution in [-0.4, -0.2) is 64.7 Å². The highest BCUT2D eigenvalue weighted by molar-refractivity contribution is 7.17. The maximum absolute atomic E-state index is 12.3. The number of piperazine rings is 1. The first-order valence-corrected chi connectivity index (χ1v) is 7.54. The Morgan fingerprint density at radius 2 is 2.00 bits per heavy atom. The van der Waals surface area contributed by atoms with Crippen LogP contribution in [0.1, 0.15) is 30.6 Å². The molecular weight excluding hydrogens is 262 g/mol. The van der Waals surface area contributed by atoms with E-state index in [0.717, 1.165) is 32.7 Å². The fraction of sp³-hybridized carbons (Fsp3) is 0.750. The number of carbonyl (C=O) groups excluding carboxylic acids is 1. The molecule has 1 amide bonds. The van der Waals surface area contributed by atoms with Crippen LogP contribution in [0.4, 0.5) is 5.13 Å². The molecule has 1 aromatic rings. The first-order chi connectivity index (χ1) is 9.11. The maximum Gasteiger partial charge on any atom is 0.284 e. The van der Waals surface area contributed by atoms with Gasteiger partial charge >= 0.3 is 0 Å². The Labute approximate surface area is 117 Å². The number of hydrogen-bond acceptors (Lipinski definition) is 6. The van der Waals surface area contributed by atoms with Gasteiger partial charge in [0.1, 0.15) is 0 Å². The van der Waals surface area contributed by atoms with Crippen LogP contribution >= 0.6 is 11.3 Å². The Morgan fingerprint density at radius 1 is 1.32 bits per heavy atom. The lowest BCUT2D eigenvalue weighted by atomic mass is 10.2. The third-order valence-electron chi connectivity index (χ3n) is 3.27. The molecule has 0 saturated carbocycles. The van der Waals surface area contributed by atoms with Gasteiger partial charge in [-0.05, 0) is 20.8 Å². The van der Waals surface area contributed by atoms with E-state index in [0.29, 0.717) is 16.2 Å². The van der Waals surface area contributed by atoms with Crippen molar-refractivity contribution in [2.75, 3.05) is 38.0 Å². The summed E-state index contributed by atoms with van der Waals surface area (Å²) in [6.45, 7) is 10.6. The van der Waals surface area contributed by atoms with Crippen LogP contribution in [0.3, 0.4) is 0 Å². The van der Waals surface area contributed by atoms with Gasteiger partial charge in [-0.3, -0.25) is 9.69 Å².